The number of aliphatic carboxylic acids is 1. The molecule has 0 saturated carbocycles. The molecule has 1 aliphatic rings. The van der Waals surface area contributed by atoms with Crippen molar-refractivity contribution in [1.29, 1.82) is 0 Å². The molecule has 0 bridgehead atoms. The van der Waals surface area contributed by atoms with E-state index in [0.29, 0.717) is 11.4 Å². The fourth-order valence-corrected chi connectivity index (χ4v) is 1.54. The van der Waals surface area contributed by atoms with Crippen molar-refractivity contribution in [3.63, 3.8) is 0 Å². The van der Waals surface area contributed by atoms with Gasteiger partial charge in [0.2, 0.25) is 6.10 Å². The zero-order valence-corrected chi connectivity index (χ0v) is 8.03. The highest BCUT2D eigenvalue weighted by atomic mass is 19.1. The second-order valence-corrected chi connectivity index (χ2v) is 3.45. The molecule has 0 fully saturated rings. The summed E-state index contributed by atoms with van der Waals surface area (Å²) >= 11 is 0. The Morgan fingerprint density at radius 3 is 3.00 bits per heavy atom. The van der Waals surface area contributed by atoms with Crippen molar-refractivity contribution in [3.05, 3.63) is 24.0 Å². The summed E-state index contributed by atoms with van der Waals surface area (Å²) in [5.41, 5.74) is 0.486. The lowest BCUT2D eigenvalue weighted by molar-refractivity contribution is -0.145. The van der Waals surface area contributed by atoms with Crippen LogP contribution in [-0.2, 0) is 4.79 Å². The van der Waals surface area contributed by atoms with Gasteiger partial charge in [-0.15, -0.1) is 0 Å². The van der Waals surface area contributed by atoms with Gasteiger partial charge >= 0.3 is 5.97 Å². The molecule has 2 unspecified atom stereocenters. The fraction of sp³-hybridized carbons (Fsp3) is 0.300. The largest absolute Gasteiger partial charge is 0.478 e. The predicted octanol–water partition coefficient (Wildman–Crippen LogP) is 1.47. The van der Waals surface area contributed by atoms with E-state index in [1.54, 1.807) is 6.92 Å². The Kier molecular flexibility index (Phi) is 2.22. The van der Waals surface area contributed by atoms with Crippen molar-refractivity contribution in [1.82, 2.24) is 0 Å². The summed E-state index contributed by atoms with van der Waals surface area (Å²) in [6.07, 6.45) is -0.942. The lowest BCUT2D eigenvalue weighted by Gasteiger charge is -2.30. The molecule has 1 aromatic rings. The van der Waals surface area contributed by atoms with Crippen LogP contribution in [-0.4, -0.2) is 23.2 Å². The molecule has 15 heavy (non-hydrogen) atoms. The van der Waals surface area contributed by atoms with Gasteiger partial charge in [-0.2, -0.15) is 0 Å². The maximum Gasteiger partial charge on any atom is 0.347 e. The van der Waals surface area contributed by atoms with E-state index in [1.165, 1.54) is 18.2 Å². The fourth-order valence-electron chi connectivity index (χ4n) is 1.54. The quantitative estimate of drug-likeness (QED) is 0.738. The van der Waals surface area contributed by atoms with E-state index in [-0.39, 0.29) is 5.82 Å². The van der Waals surface area contributed by atoms with Crippen molar-refractivity contribution in [2.75, 3.05) is 5.32 Å². The molecule has 80 valence electrons. The molecule has 1 aliphatic heterocycles. The first-order valence-corrected chi connectivity index (χ1v) is 4.53. The number of carboxylic acids is 1. The summed E-state index contributed by atoms with van der Waals surface area (Å²) in [4.78, 5) is 10.8. The molecule has 1 aromatic carbocycles. The van der Waals surface area contributed by atoms with E-state index in [0.717, 1.165) is 0 Å². The SMILES string of the molecule is CC1Nc2cc(F)ccc2OC1C(=O)O. The zero-order valence-electron chi connectivity index (χ0n) is 8.03. The molecule has 2 rings (SSSR count). The minimum absolute atomic E-state index is 0.363. The number of carbonyl (C=O) groups is 1. The molecular weight excluding hydrogens is 201 g/mol. The summed E-state index contributed by atoms with van der Waals surface area (Å²) in [6, 6.07) is 3.54. The first-order valence-electron chi connectivity index (χ1n) is 4.53. The maximum absolute atomic E-state index is 12.9. The third-order valence-corrected chi connectivity index (χ3v) is 2.28. The maximum atomic E-state index is 12.9. The van der Waals surface area contributed by atoms with Crippen LogP contribution in [0.1, 0.15) is 6.92 Å². The monoisotopic (exact) mass is 211 g/mol. The first kappa shape index (κ1) is 9.76. The van der Waals surface area contributed by atoms with Gasteiger partial charge in [0.1, 0.15) is 11.6 Å². The Morgan fingerprint density at radius 2 is 2.33 bits per heavy atom. The average molecular weight is 211 g/mol. The minimum Gasteiger partial charge on any atom is -0.478 e. The van der Waals surface area contributed by atoms with Crippen LogP contribution in [0.5, 0.6) is 5.75 Å². The number of fused-ring (bicyclic) bond motifs is 1. The van der Waals surface area contributed by atoms with Crippen LogP contribution >= 0.6 is 0 Å². The number of carboxylic acid groups (broad SMARTS) is 1. The van der Waals surface area contributed by atoms with Crippen LogP contribution in [0.2, 0.25) is 0 Å². The van der Waals surface area contributed by atoms with Gasteiger partial charge in [-0.05, 0) is 19.1 Å². The number of benzene rings is 1. The van der Waals surface area contributed by atoms with Crippen molar-refractivity contribution in [2.45, 2.75) is 19.1 Å². The van der Waals surface area contributed by atoms with E-state index in [1.807, 2.05) is 0 Å². The highest BCUT2D eigenvalue weighted by Gasteiger charge is 2.32. The molecular formula is C10H10FNO3. The van der Waals surface area contributed by atoms with Gasteiger partial charge in [-0.25, -0.2) is 9.18 Å². The molecule has 0 amide bonds. The molecule has 0 aliphatic carbocycles. The standard InChI is InChI=1S/C10H10FNO3/c1-5-9(10(13)14)15-8-3-2-6(11)4-7(8)12-5/h2-5,9,12H,1H3,(H,13,14). The van der Waals surface area contributed by atoms with E-state index in [9.17, 15) is 9.18 Å². The van der Waals surface area contributed by atoms with E-state index in [4.69, 9.17) is 9.84 Å². The van der Waals surface area contributed by atoms with Crippen LogP contribution in [0.4, 0.5) is 10.1 Å². The molecule has 2 N–H and O–H groups in total. The number of halogens is 1. The molecule has 0 spiro atoms. The molecule has 0 radical (unpaired) electrons. The Bertz CT molecular complexity index is 408. The van der Waals surface area contributed by atoms with Crippen molar-refractivity contribution >= 4 is 11.7 Å². The van der Waals surface area contributed by atoms with Crippen LogP contribution in [0, 0.1) is 5.82 Å². The topological polar surface area (TPSA) is 58.6 Å². The molecule has 1 heterocycles. The third kappa shape index (κ3) is 1.72. The number of hydrogen-bond donors (Lipinski definition) is 2. The summed E-state index contributed by atoms with van der Waals surface area (Å²) in [6.45, 7) is 1.67. The van der Waals surface area contributed by atoms with E-state index < -0.39 is 18.1 Å². The number of ether oxygens (including phenoxy) is 1. The van der Waals surface area contributed by atoms with E-state index in [2.05, 4.69) is 5.32 Å². The molecule has 5 heteroatoms. The van der Waals surface area contributed by atoms with E-state index >= 15 is 0 Å². The third-order valence-electron chi connectivity index (χ3n) is 2.28. The zero-order chi connectivity index (χ0) is 11.0. The average Bonchev–Trinajstić information content (AvgIpc) is 2.15. The van der Waals surface area contributed by atoms with Crippen molar-refractivity contribution < 1.29 is 19.0 Å². The predicted molar refractivity (Wildman–Crippen MR) is 51.5 cm³/mol. The minimum atomic E-state index is -1.04. The van der Waals surface area contributed by atoms with Gasteiger partial charge < -0.3 is 15.2 Å². The summed E-state index contributed by atoms with van der Waals surface area (Å²) < 4.78 is 18.1. The second kappa shape index (κ2) is 3.42. The van der Waals surface area contributed by atoms with Crippen LogP contribution in [0.25, 0.3) is 0 Å². The highest BCUT2D eigenvalue weighted by Crippen LogP contribution is 2.31. The number of rotatable bonds is 1. The van der Waals surface area contributed by atoms with Gasteiger partial charge in [-0.3, -0.25) is 0 Å². The second-order valence-electron chi connectivity index (χ2n) is 3.45. The first-order chi connectivity index (χ1) is 7.08. The van der Waals surface area contributed by atoms with Crippen LogP contribution < -0.4 is 10.1 Å². The molecule has 2 atom stereocenters. The number of anilines is 1. The van der Waals surface area contributed by atoms with Gasteiger partial charge in [0, 0.05) is 6.07 Å². The lowest BCUT2D eigenvalue weighted by Crippen LogP contribution is -2.44. The van der Waals surface area contributed by atoms with Crippen LogP contribution in [0.15, 0.2) is 18.2 Å². The van der Waals surface area contributed by atoms with Gasteiger partial charge in [0.15, 0.2) is 0 Å². The highest BCUT2D eigenvalue weighted by molar-refractivity contribution is 5.76. The normalized spacial score (nSPS) is 23.6. The number of hydrogen-bond acceptors (Lipinski definition) is 3. The Balaban J connectivity index is 2.33. The number of nitrogens with one attached hydrogen (secondary N) is 1. The summed E-state index contributed by atoms with van der Waals surface area (Å²) in [5.74, 6) is -1.06. The van der Waals surface area contributed by atoms with Gasteiger partial charge in [0.05, 0.1) is 11.7 Å². The van der Waals surface area contributed by atoms with Crippen LogP contribution in [0.3, 0.4) is 0 Å². The summed E-state index contributed by atoms with van der Waals surface area (Å²) in [5, 5.41) is 11.7. The lowest BCUT2D eigenvalue weighted by atomic mass is 10.1. The Morgan fingerprint density at radius 1 is 1.60 bits per heavy atom. The summed E-state index contributed by atoms with van der Waals surface area (Å²) in [7, 11) is 0. The molecule has 0 aromatic heterocycles. The van der Waals surface area contributed by atoms with Gasteiger partial charge in [-0.1, -0.05) is 0 Å². The Labute approximate surface area is 85.7 Å². The molecule has 0 saturated heterocycles. The van der Waals surface area contributed by atoms with Gasteiger partial charge in [0.25, 0.3) is 0 Å². The van der Waals surface area contributed by atoms with Crippen molar-refractivity contribution in [3.8, 4) is 5.75 Å². The molecule has 4 nitrogen and oxygen atoms in total. The Hall–Kier alpha value is -1.78. The smallest absolute Gasteiger partial charge is 0.347 e. The van der Waals surface area contributed by atoms with Crippen molar-refractivity contribution in [2.24, 2.45) is 0 Å².